The maximum atomic E-state index is 14.1. The predicted molar refractivity (Wildman–Crippen MR) is 143 cm³/mol. The molecule has 0 saturated heterocycles. The Labute approximate surface area is 217 Å². The molecule has 2 rings (SSSR count). The number of benzene rings is 1. The predicted octanol–water partition coefficient (Wildman–Crippen LogP) is 8.61. The van der Waals surface area contributed by atoms with Crippen LogP contribution in [0, 0.1) is 23.7 Å². The number of rotatable bonds is 10. The third kappa shape index (κ3) is 6.88. The molecule has 7 heteroatoms. The lowest BCUT2D eigenvalue weighted by molar-refractivity contribution is 0.0420. The first-order chi connectivity index (χ1) is 17.2. The fourth-order valence-electron chi connectivity index (χ4n) is 3.85. The summed E-state index contributed by atoms with van der Waals surface area (Å²) in [5.41, 5.74) is 3.14. The third-order valence-electron chi connectivity index (χ3n) is 6.76. The number of halogens is 4. The van der Waals surface area contributed by atoms with Crippen molar-refractivity contribution in [1.29, 1.82) is 5.26 Å². The van der Waals surface area contributed by atoms with E-state index in [-0.39, 0.29) is 23.2 Å². The summed E-state index contributed by atoms with van der Waals surface area (Å²) in [4.78, 5) is 6.20. The topological polar surface area (TPSA) is 39.4 Å². The van der Waals surface area contributed by atoms with E-state index >= 15 is 0 Å². The molecule has 0 radical (unpaired) electrons. The molecule has 1 aliphatic heterocycles. The van der Waals surface area contributed by atoms with Crippen molar-refractivity contribution in [3.05, 3.63) is 93.4 Å². The van der Waals surface area contributed by atoms with Gasteiger partial charge < -0.3 is 4.90 Å². The van der Waals surface area contributed by atoms with Crippen LogP contribution in [0.1, 0.15) is 69.7 Å². The summed E-state index contributed by atoms with van der Waals surface area (Å²) in [6, 6.07) is 4.45. The molecule has 37 heavy (non-hydrogen) atoms. The maximum Gasteiger partial charge on any atom is 0.263 e. The number of hydrogen-bond acceptors (Lipinski definition) is 3. The van der Waals surface area contributed by atoms with Gasteiger partial charge in [-0.1, -0.05) is 43.4 Å². The Kier molecular flexibility index (Phi) is 9.86. The van der Waals surface area contributed by atoms with E-state index in [0.29, 0.717) is 28.9 Å². The monoisotopic (exact) mass is 513 g/mol. The van der Waals surface area contributed by atoms with Gasteiger partial charge in [0.2, 0.25) is 6.43 Å². The quantitative estimate of drug-likeness (QED) is 0.232. The highest BCUT2D eigenvalue weighted by atomic mass is 19.3. The van der Waals surface area contributed by atoms with E-state index < -0.39 is 18.3 Å². The Balaban J connectivity index is 2.63. The molecule has 1 heterocycles. The standard InChI is InChI=1S/C30H35F4N3/c1-9-19(4)10-11-22(18(2)3)16-37-17-36-27(30(7,8)29(33)34)26(21(37)6)14-23-12-24(28(31)32)13-25(15-35)20(23)5/h10-13,17,28-29H,2,6,9,14,16H2,1,3-5,7-8H3/b19-10+,22-11-. The molecular weight excluding hydrogens is 478 g/mol. The van der Waals surface area contributed by atoms with Gasteiger partial charge in [-0.2, -0.15) is 5.26 Å². The molecule has 3 nitrogen and oxygen atoms in total. The lowest BCUT2D eigenvalue weighted by atomic mass is 9.82. The fourth-order valence-corrected chi connectivity index (χ4v) is 3.85. The molecule has 0 amide bonds. The van der Waals surface area contributed by atoms with Crippen molar-refractivity contribution in [2.24, 2.45) is 10.4 Å². The van der Waals surface area contributed by atoms with E-state index in [9.17, 15) is 22.8 Å². The van der Waals surface area contributed by atoms with Gasteiger partial charge in [-0.25, -0.2) is 22.6 Å². The van der Waals surface area contributed by atoms with Crippen LogP contribution in [0.3, 0.4) is 0 Å². The summed E-state index contributed by atoms with van der Waals surface area (Å²) in [5.74, 6) is 0. The Hall–Kier alpha value is -3.40. The number of nitriles is 1. The molecule has 198 valence electrons. The van der Waals surface area contributed by atoms with Gasteiger partial charge in [0.05, 0.1) is 29.1 Å². The second kappa shape index (κ2) is 12.2. The van der Waals surface area contributed by atoms with Crippen LogP contribution >= 0.6 is 0 Å². The molecule has 0 spiro atoms. The summed E-state index contributed by atoms with van der Waals surface area (Å²) in [7, 11) is 0. The zero-order valence-corrected chi connectivity index (χ0v) is 22.4. The van der Waals surface area contributed by atoms with Gasteiger partial charge in [-0.05, 0) is 69.9 Å². The van der Waals surface area contributed by atoms with E-state index in [2.05, 4.69) is 25.1 Å². The van der Waals surface area contributed by atoms with Crippen LogP contribution in [-0.2, 0) is 6.42 Å². The molecular formula is C30H35F4N3. The van der Waals surface area contributed by atoms with Crippen LogP contribution in [0.25, 0.3) is 0 Å². The zero-order valence-electron chi connectivity index (χ0n) is 22.4. The van der Waals surface area contributed by atoms with Crippen molar-refractivity contribution in [2.45, 2.75) is 67.2 Å². The van der Waals surface area contributed by atoms with Crippen molar-refractivity contribution in [3.63, 3.8) is 0 Å². The second-order valence-electron chi connectivity index (χ2n) is 9.95. The first-order valence-electron chi connectivity index (χ1n) is 12.1. The van der Waals surface area contributed by atoms with Crippen LogP contribution in [0.4, 0.5) is 17.6 Å². The minimum Gasteiger partial charge on any atom is -0.328 e. The van der Waals surface area contributed by atoms with Gasteiger partial charge in [0.1, 0.15) is 0 Å². The van der Waals surface area contributed by atoms with Gasteiger partial charge in [0, 0.05) is 29.8 Å². The summed E-state index contributed by atoms with van der Waals surface area (Å²) in [6.45, 7) is 19.0. The summed E-state index contributed by atoms with van der Waals surface area (Å²) in [6.07, 6.45) is 0.910. The van der Waals surface area contributed by atoms with Gasteiger partial charge in [0.15, 0.2) is 0 Å². The molecule has 0 aliphatic carbocycles. The number of hydrogen-bond donors (Lipinski definition) is 0. The first kappa shape index (κ1) is 29.8. The smallest absolute Gasteiger partial charge is 0.263 e. The Bertz CT molecular complexity index is 1220. The van der Waals surface area contributed by atoms with Crippen LogP contribution in [0.5, 0.6) is 0 Å². The SMILES string of the molecule is C=C(C)/C(=C\C=C(/C)CC)CN1C=NC(C(C)(C)C(F)F)=C(Cc2cc(C(F)F)cc(C#N)c2C)C1=C. The molecule has 1 aromatic carbocycles. The highest BCUT2D eigenvalue weighted by Crippen LogP contribution is 2.41. The lowest BCUT2D eigenvalue weighted by Crippen LogP contribution is -2.33. The highest BCUT2D eigenvalue weighted by molar-refractivity contribution is 5.68. The van der Waals surface area contributed by atoms with Crippen LogP contribution in [0.15, 0.2) is 76.1 Å². The van der Waals surface area contributed by atoms with Crippen molar-refractivity contribution >= 4 is 6.34 Å². The van der Waals surface area contributed by atoms with Crippen LogP contribution in [0.2, 0.25) is 0 Å². The summed E-state index contributed by atoms with van der Waals surface area (Å²) in [5, 5.41) is 9.49. The number of nitrogens with zero attached hydrogens (tertiary/aromatic N) is 3. The minimum absolute atomic E-state index is 0.0280. The van der Waals surface area contributed by atoms with Crippen molar-refractivity contribution in [3.8, 4) is 6.07 Å². The van der Waals surface area contributed by atoms with Crippen molar-refractivity contribution in [1.82, 2.24) is 4.90 Å². The fraction of sp³-hybridized carbons (Fsp3) is 0.400. The number of allylic oxidation sites excluding steroid dienone is 5. The first-order valence-corrected chi connectivity index (χ1v) is 12.1. The average Bonchev–Trinajstić information content (AvgIpc) is 2.83. The highest BCUT2D eigenvalue weighted by Gasteiger charge is 2.38. The molecule has 0 unspecified atom stereocenters. The van der Waals surface area contributed by atoms with E-state index in [0.717, 1.165) is 23.6 Å². The lowest BCUT2D eigenvalue weighted by Gasteiger charge is -2.35. The molecule has 1 aromatic rings. The molecule has 0 fully saturated rings. The molecule has 0 N–H and O–H groups in total. The van der Waals surface area contributed by atoms with Crippen molar-refractivity contribution in [2.75, 3.05) is 6.54 Å². The largest absolute Gasteiger partial charge is 0.328 e. The van der Waals surface area contributed by atoms with Gasteiger partial charge in [0.25, 0.3) is 6.43 Å². The summed E-state index contributed by atoms with van der Waals surface area (Å²) >= 11 is 0. The van der Waals surface area contributed by atoms with Gasteiger partial charge >= 0.3 is 0 Å². The number of alkyl halides is 4. The van der Waals surface area contributed by atoms with E-state index in [4.69, 9.17) is 0 Å². The average molecular weight is 514 g/mol. The van der Waals surface area contributed by atoms with Gasteiger partial charge in [-0.15, -0.1) is 0 Å². The zero-order chi connectivity index (χ0) is 28.1. The Morgan fingerprint density at radius 2 is 1.84 bits per heavy atom. The molecule has 0 aromatic heterocycles. The van der Waals surface area contributed by atoms with E-state index in [1.54, 1.807) is 11.8 Å². The molecule has 0 saturated carbocycles. The number of aliphatic imine (C=N–C) groups is 1. The molecule has 1 aliphatic rings. The van der Waals surface area contributed by atoms with Crippen molar-refractivity contribution < 1.29 is 17.6 Å². The molecule has 0 bridgehead atoms. The Morgan fingerprint density at radius 1 is 1.19 bits per heavy atom. The van der Waals surface area contributed by atoms with Crippen LogP contribution < -0.4 is 0 Å². The minimum atomic E-state index is -2.77. The van der Waals surface area contributed by atoms with E-state index in [1.807, 2.05) is 32.1 Å². The normalized spacial score (nSPS) is 15.2. The maximum absolute atomic E-state index is 14.1. The Morgan fingerprint density at radius 3 is 2.35 bits per heavy atom. The molecule has 0 atom stereocenters. The summed E-state index contributed by atoms with van der Waals surface area (Å²) < 4.78 is 55.4. The second-order valence-corrected chi connectivity index (χ2v) is 9.95. The third-order valence-corrected chi connectivity index (χ3v) is 6.76. The van der Waals surface area contributed by atoms with E-state index in [1.165, 1.54) is 31.8 Å². The van der Waals surface area contributed by atoms with Gasteiger partial charge in [-0.3, -0.25) is 0 Å². The van der Waals surface area contributed by atoms with Crippen LogP contribution in [-0.4, -0.2) is 24.2 Å².